The summed E-state index contributed by atoms with van der Waals surface area (Å²) in [7, 11) is -3.88. The van der Waals surface area contributed by atoms with E-state index in [2.05, 4.69) is 11.0 Å². The Bertz CT molecular complexity index is 921. The van der Waals surface area contributed by atoms with Crippen molar-refractivity contribution in [2.75, 3.05) is 32.7 Å². The van der Waals surface area contributed by atoms with Gasteiger partial charge in [0.05, 0.1) is 4.92 Å². The van der Waals surface area contributed by atoms with Gasteiger partial charge in [0.1, 0.15) is 0 Å². The first kappa shape index (κ1) is 19.2. The molecule has 1 fully saturated rings. The molecule has 0 aliphatic carbocycles. The van der Waals surface area contributed by atoms with E-state index in [1.807, 2.05) is 36.4 Å². The third-order valence-corrected chi connectivity index (χ3v) is 6.43. The monoisotopic (exact) mass is 387 g/mol. The van der Waals surface area contributed by atoms with Crippen LogP contribution < -0.4 is 0 Å². The van der Waals surface area contributed by atoms with E-state index in [0.717, 1.165) is 12.1 Å². The van der Waals surface area contributed by atoms with E-state index in [4.69, 9.17) is 0 Å². The number of hydrogen-bond acceptors (Lipinski definition) is 5. The molecule has 2 aromatic rings. The number of nitro benzene ring substituents is 1. The summed E-state index contributed by atoms with van der Waals surface area (Å²) in [6.45, 7) is 2.52. The molecule has 1 aliphatic rings. The zero-order valence-electron chi connectivity index (χ0n) is 14.8. The van der Waals surface area contributed by atoms with E-state index in [0.29, 0.717) is 26.2 Å². The summed E-state index contributed by atoms with van der Waals surface area (Å²) in [5, 5.41) is 11.1. The molecule has 0 aromatic heterocycles. The first-order chi connectivity index (χ1) is 13.0. The summed E-state index contributed by atoms with van der Waals surface area (Å²) in [5.41, 5.74) is 0.737. The van der Waals surface area contributed by atoms with Crippen molar-refractivity contribution in [3.05, 3.63) is 76.4 Å². The fourth-order valence-electron chi connectivity index (χ4n) is 3.02. The van der Waals surface area contributed by atoms with Crippen LogP contribution in [0.5, 0.6) is 0 Å². The van der Waals surface area contributed by atoms with Crippen LogP contribution in [0.4, 0.5) is 5.69 Å². The zero-order chi connectivity index (χ0) is 19.3. The minimum atomic E-state index is -3.88. The molecule has 0 amide bonds. The van der Waals surface area contributed by atoms with Crippen molar-refractivity contribution in [1.29, 1.82) is 0 Å². The predicted molar refractivity (Wildman–Crippen MR) is 104 cm³/mol. The summed E-state index contributed by atoms with van der Waals surface area (Å²) in [6, 6.07) is 15.5. The minimum Gasteiger partial charge on any atom is -0.297 e. The first-order valence-electron chi connectivity index (χ1n) is 8.66. The molecule has 0 spiro atoms. The molecule has 8 heteroatoms. The number of para-hydroxylation sites is 1. The second-order valence-electron chi connectivity index (χ2n) is 6.24. The highest BCUT2D eigenvalue weighted by atomic mass is 32.2. The number of hydrogen-bond donors (Lipinski definition) is 0. The van der Waals surface area contributed by atoms with Crippen molar-refractivity contribution in [2.45, 2.75) is 4.90 Å². The molecule has 3 rings (SSSR count). The smallest absolute Gasteiger partial charge is 0.289 e. The van der Waals surface area contributed by atoms with E-state index < -0.39 is 14.9 Å². The van der Waals surface area contributed by atoms with Crippen LogP contribution in [0.2, 0.25) is 0 Å². The van der Waals surface area contributed by atoms with E-state index in [1.165, 1.54) is 28.6 Å². The lowest BCUT2D eigenvalue weighted by molar-refractivity contribution is -0.387. The standard InChI is InChI=1S/C19H21N3O4S/c23-22(24)18-10-4-5-11-19(18)27(25,26)21-15-13-20(14-16-21)12-6-9-17-7-2-1-3-8-17/h1-11H,12-16H2/b9-6-. The Hall–Kier alpha value is -2.55. The van der Waals surface area contributed by atoms with Gasteiger partial charge in [-0.25, -0.2) is 8.42 Å². The molecule has 0 unspecified atom stereocenters. The lowest BCUT2D eigenvalue weighted by Crippen LogP contribution is -2.48. The molecule has 0 saturated carbocycles. The summed E-state index contributed by atoms with van der Waals surface area (Å²) < 4.78 is 26.9. The normalized spacial score (nSPS) is 16.6. The Morgan fingerprint density at radius 3 is 2.26 bits per heavy atom. The second-order valence-corrected chi connectivity index (χ2v) is 8.15. The molecule has 142 valence electrons. The van der Waals surface area contributed by atoms with Crippen LogP contribution in [0.25, 0.3) is 6.08 Å². The van der Waals surface area contributed by atoms with Crippen LogP contribution in [0, 0.1) is 10.1 Å². The summed E-state index contributed by atoms with van der Waals surface area (Å²) >= 11 is 0. The van der Waals surface area contributed by atoms with Gasteiger partial charge in [-0.1, -0.05) is 54.6 Å². The molecular weight excluding hydrogens is 366 g/mol. The molecule has 1 heterocycles. The van der Waals surface area contributed by atoms with Crippen molar-refractivity contribution < 1.29 is 13.3 Å². The number of rotatable bonds is 6. The van der Waals surface area contributed by atoms with Crippen molar-refractivity contribution in [1.82, 2.24) is 9.21 Å². The predicted octanol–water partition coefficient (Wildman–Crippen LogP) is 2.61. The lowest BCUT2D eigenvalue weighted by atomic mass is 10.2. The van der Waals surface area contributed by atoms with Crippen LogP contribution in [0.3, 0.4) is 0 Å². The van der Waals surface area contributed by atoms with Gasteiger partial charge in [-0.05, 0) is 11.6 Å². The Balaban J connectivity index is 1.62. The molecule has 0 atom stereocenters. The van der Waals surface area contributed by atoms with Crippen LogP contribution in [-0.4, -0.2) is 55.3 Å². The van der Waals surface area contributed by atoms with E-state index in [1.54, 1.807) is 0 Å². The molecule has 0 bridgehead atoms. The van der Waals surface area contributed by atoms with E-state index in [-0.39, 0.29) is 10.6 Å². The number of sulfonamides is 1. The van der Waals surface area contributed by atoms with E-state index >= 15 is 0 Å². The van der Waals surface area contributed by atoms with Gasteiger partial charge < -0.3 is 0 Å². The van der Waals surface area contributed by atoms with Crippen LogP contribution in [-0.2, 0) is 10.0 Å². The van der Waals surface area contributed by atoms with Crippen LogP contribution >= 0.6 is 0 Å². The van der Waals surface area contributed by atoms with Crippen LogP contribution in [0.1, 0.15) is 5.56 Å². The van der Waals surface area contributed by atoms with Gasteiger partial charge in [0.2, 0.25) is 10.0 Å². The van der Waals surface area contributed by atoms with E-state index in [9.17, 15) is 18.5 Å². The summed E-state index contributed by atoms with van der Waals surface area (Å²) in [4.78, 5) is 12.4. The Morgan fingerprint density at radius 2 is 1.59 bits per heavy atom. The maximum atomic E-state index is 12.8. The Kier molecular flexibility index (Phi) is 6.00. The number of nitrogens with zero attached hydrogens (tertiary/aromatic N) is 3. The number of benzene rings is 2. The molecule has 7 nitrogen and oxygen atoms in total. The minimum absolute atomic E-state index is 0.243. The fourth-order valence-corrected chi connectivity index (χ4v) is 4.60. The highest BCUT2D eigenvalue weighted by Crippen LogP contribution is 2.26. The molecular formula is C19H21N3O4S. The molecule has 2 aromatic carbocycles. The zero-order valence-corrected chi connectivity index (χ0v) is 15.6. The quantitative estimate of drug-likeness (QED) is 0.562. The lowest BCUT2D eigenvalue weighted by Gasteiger charge is -2.33. The highest BCUT2D eigenvalue weighted by molar-refractivity contribution is 7.89. The summed E-state index contributed by atoms with van der Waals surface area (Å²) in [6.07, 6.45) is 4.10. The van der Waals surface area contributed by atoms with Gasteiger partial charge in [0.25, 0.3) is 5.69 Å². The maximum absolute atomic E-state index is 12.8. The van der Waals surface area contributed by atoms with Gasteiger partial charge >= 0.3 is 0 Å². The van der Waals surface area contributed by atoms with Crippen LogP contribution in [0.15, 0.2) is 65.6 Å². The van der Waals surface area contributed by atoms with Gasteiger partial charge in [0, 0.05) is 38.8 Å². The Morgan fingerprint density at radius 1 is 0.963 bits per heavy atom. The third kappa shape index (κ3) is 4.60. The summed E-state index contributed by atoms with van der Waals surface area (Å²) in [5.74, 6) is 0. The van der Waals surface area contributed by atoms with Gasteiger partial charge in [0.15, 0.2) is 4.90 Å². The average molecular weight is 387 g/mol. The molecule has 1 aliphatic heterocycles. The molecule has 0 radical (unpaired) electrons. The van der Waals surface area contributed by atoms with Crippen molar-refractivity contribution in [3.8, 4) is 0 Å². The van der Waals surface area contributed by atoms with Crippen molar-refractivity contribution in [2.24, 2.45) is 0 Å². The van der Waals surface area contributed by atoms with Gasteiger partial charge in [-0.15, -0.1) is 0 Å². The van der Waals surface area contributed by atoms with Gasteiger partial charge in [-0.3, -0.25) is 15.0 Å². The number of nitro groups is 1. The Labute approximate surface area is 158 Å². The van der Waals surface area contributed by atoms with Crippen molar-refractivity contribution in [3.63, 3.8) is 0 Å². The maximum Gasteiger partial charge on any atom is 0.289 e. The molecule has 27 heavy (non-hydrogen) atoms. The van der Waals surface area contributed by atoms with Gasteiger partial charge in [-0.2, -0.15) is 4.31 Å². The largest absolute Gasteiger partial charge is 0.297 e. The van der Waals surface area contributed by atoms with Crippen molar-refractivity contribution >= 4 is 21.8 Å². The molecule has 0 N–H and O–H groups in total. The number of piperazine rings is 1. The second kappa shape index (κ2) is 8.43. The average Bonchev–Trinajstić information content (AvgIpc) is 2.69. The topological polar surface area (TPSA) is 83.8 Å². The highest BCUT2D eigenvalue weighted by Gasteiger charge is 2.33. The fraction of sp³-hybridized carbons (Fsp3) is 0.263. The molecule has 1 saturated heterocycles. The third-order valence-electron chi connectivity index (χ3n) is 4.48. The first-order valence-corrected chi connectivity index (χ1v) is 10.1. The SMILES string of the molecule is O=[N+]([O-])c1ccccc1S(=O)(=O)N1CCN(C/C=C\c2ccccc2)CC1.